The zero-order chi connectivity index (χ0) is 17.6. The van der Waals surface area contributed by atoms with E-state index in [-0.39, 0.29) is 11.4 Å². The van der Waals surface area contributed by atoms with E-state index in [9.17, 15) is 9.50 Å². The molecular weight excluding hydrogens is 343 g/mol. The Balaban J connectivity index is 1.51. The van der Waals surface area contributed by atoms with Gasteiger partial charge in [-0.05, 0) is 63.3 Å². The van der Waals surface area contributed by atoms with E-state index < -0.39 is 12.4 Å². The molecule has 0 aromatic carbocycles. The Hall–Kier alpha value is 0.0200. The fourth-order valence-corrected chi connectivity index (χ4v) is 6.31. The normalized spacial score (nSPS) is 49.9. The highest BCUT2D eigenvalue weighted by atomic mass is 35.5. The summed E-state index contributed by atoms with van der Waals surface area (Å²) in [5, 5.41) is 16.9. The summed E-state index contributed by atoms with van der Waals surface area (Å²) in [5.41, 5.74) is 5.86. The molecule has 0 aromatic heterocycles. The number of hydrogen-bond acceptors (Lipinski definition) is 5. The van der Waals surface area contributed by atoms with Crippen molar-refractivity contribution in [2.24, 2.45) is 17.6 Å². The molecule has 0 radical (unpaired) electrons. The topological polar surface area (TPSA) is 73.5 Å². The van der Waals surface area contributed by atoms with Crippen LogP contribution < -0.4 is 16.4 Å². The maximum Gasteiger partial charge on any atom is 0.119 e. The van der Waals surface area contributed by atoms with Gasteiger partial charge >= 0.3 is 0 Å². The first-order valence-corrected chi connectivity index (χ1v) is 10.5. The molecule has 3 heterocycles. The van der Waals surface area contributed by atoms with Crippen LogP contribution in [-0.4, -0.2) is 65.2 Å². The third-order valence-corrected chi connectivity index (χ3v) is 7.56. The van der Waals surface area contributed by atoms with E-state index in [2.05, 4.69) is 15.5 Å². The van der Waals surface area contributed by atoms with Gasteiger partial charge in [0.1, 0.15) is 12.4 Å². The molecule has 1 saturated carbocycles. The number of hydrogen-bond donors (Lipinski definition) is 4. The lowest BCUT2D eigenvalue weighted by Crippen LogP contribution is -2.58. The molecule has 0 spiro atoms. The van der Waals surface area contributed by atoms with Gasteiger partial charge in [0, 0.05) is 18.6 Å². The average Bonchev–Trinajstić information content (AvgIpc) is 3.19. The zero-order valence-electron chi connectivity index (χ0n) is 14.8. The summed E-state index contributed by atoms with van der Waals surface area (Å²) in [4.78, 5) is 2.45. The van der Waals surface area contributed by atoms with Gasteiger partial charge in [-0.25, -0.2) is 4.39 Å². The number of aliphatic hydroxyl groups excluding tert-OH is 1. The number of fused-ring (bicyclic) bond motifs is 1. The van der Waals surface area contributed by atoms with E-state index in [1.165, 1.54) is 12.8 Å². The number of halogens is 2. The molecule has 7 heteroatoms. The lowest BCUT2D eigenvalue weighted by Gasteiger charge is -2.46. The summed E-state index contributed by atoms with van der Waals surface area (Å²) in [5.74, 6) is 0.987. The largest absolute Gasteiger partial charge is 0.377 e. The lowest BCUT2D eigenvalue weighted by molar-refractivity contribution is 0.0179. The first kappa shape index (κ1) is 18.4. The van der Waals surface area contributed by atoms with E-state index >= 15 is 0 Å². The molecule has 5 N–H and O–H groups in total. The van der Waals surface area contributed by atoms with Crippen LogP contribution in [0.5, 0.6) is 0 Å². The SMILES string of the molecule is NC(O)C1CNC2CCC(C3CCCNC3C3CCC(F)C(Cl)C3)N21. The van der Waals surface area contributed by atoms with Gasteiger partial charge in [-0.15, -0.1) is 11.6 Å². The fourth-order valence-electron chi connectivity index (χ4n) is 5.96. The number of alkyl halides is 2. The van der Waals surface area contributed by atoms with Crippen molar-refractivity contribution in [3.63, 3.8) is 0 Å². The number of nitrogens with two attached hydrogens (primary N) is 1. The molecule has 4 fully saturated rings. The summed E-state index contributed by atoms with van der Waals surface area (Å²) in [7, 11) is 0. The van der Waals surface area contributed by atoms with Crippen molar-refractivity contribution in [3.8, 4) is 0 Å². The van der Waals surface area contributed by atoms with Crippen LogP contribution >= 0.6 is 11.6 Å². The van der Waals surface area contributed by atoms with Crippen LogP contribution in [0, 0.1) is 11.8 Å². The van der Waals surface area contributed by atoms with E-state index in [1.54, 1.807) is 0 Å². The maximum atomic E-state index is 13.8. The van der Waals surface area contributed by atoms with Crippen LogP contribution in [0.2, 0.25) is 0 Å². The Labute approximate surface area is 154 Å². The molecule has 4 rings (SSSR count). The Morgan fingerprint density at radius 1 is 1.16 bits per heavy atom. The van der Waals surface area contributed by atoms with Crippen LogP contribution in [0.15, 0.2) is 0 Å². The molecule has 1 aliphatic carbocycles. The molecule has 3 saturated heterocycles. The Kier molecular flexibility index (Phi) is 5.56. The number of aliphatic hydroxyl groups is 1. The quantitative estimate of drug-likeness (QED) is 0.440. The minimum atomic E-state index is -0.852. The first-order chi connectivity index (χ1) is 12.1. The van der Waals surface area contributed by atoms with Crippen molar-refractivity contribution in [3.05, 3.63) is 0 Å². The molecule has 0 amide bonds. The Bertz CT molecular complexity index is 470. The van der Waals surface area contributed by atoms with Crippen molar-refractivity contribution in [2.45, 2.75) is 87.0 Å². The van der Waals surface area contributed by atoms with E-state index in [4.69, 9.17) is 17.3 Å². The van der Waals surface area contributed by atoms with Gasteiger partial charge in [-0.2, -0.15) is 0 Å². The van der Waals surface area contributed by atoms with Gasteiger partial charge < -0.3 is 16.2 Å². The summed E-state index contributed by atoms with van der Waals surface area (Å²) >= 11 is 6.27. The third kappa shape index (κ3) is 3.46. The number of rotatable bonds is 3. The van der Waals surface area contributed by atoms with Gasteiger partial charge in [-0.1, -0.05) is 0 Å². The number of piperidine rings is 1. The van der Waals surface area contributed by atoms with Gasteiger partial charge in [0.25, 0.3) is 0 Å². The minimum absolute atomic E-state index is 0.00225. The maximum absolute atomic E-state index is 13.8. The number of nitrogens with zero attached hydrogens (tertiary/aromatic N) is 1. The van der Waals surface area contributed by atoms with Crippen LogP contribution in [-0.2, 0) is 0 Å². The highest BCUT2D eigenvalue weighted by Gasteiger charge is 2.50. The van der Waals surface area contributed by atoms with Crippen LogP contribution in [0.25, 0.3) is 0 Å². The summed E-state index contributed by atoms with van der Waals surface area (Å²) in [6.07, 6.45) is 5.62. The predicted octanol–water partition coefficient (Wildman–Crippen LogP) is 1.14. The Morgan fingerprint density at radius 2 is 2.00 bits per heavy atom. The zero-order valence-corrected chi connectivity index (χ0v) is 15.5. The molecule has 9 atom stereocenters. The molecule has 3 aliphatic heterocycles. The minimum Gasteiger partial charge on any atom is -0.377 e. The predicted molar refractivity (Wildman–Crippen MR) is 97.0 cm³/mol. The molecule has 5 nitrogen and oxygen atoms in total. The van der Waals surface area contributed by atoms with Gasteiger partial charge in [0.05, 0.1) is 17.6 Å². The summed E-state index contributed by atoms with van der Waals surface area (Å²) < 4.78 is 13.8. The molecule has 0 aromatic rings. The standard InChI is InChI=1S/C18H32ClFN4O/c19-12-8-10(3-4-13(12)20)17-11(2-1-7-22-17)14-5-6-16-23-9-15(18(21)25)24(14)16/h10-18,22-23,25H,1-9,21H2. The number of nitrogens with one attached hydrogen (secondary N) is 2. The summed E-state index contributed by atoms with van der Waals surface area (Å²) in [6, 6.07) is 0.850. The second-order valence-corrected chi connectivity index (χ2v) is 9.03. The molecule has 144 valence electrons. The van der Waals surface area contributed by atoms with Gasteiger partial charge in [-0.3, -0.25) is 10.2 Å². The summed E-state index contributed by atoms with van der Waals surface area (Å²) in [6.45, 7) is 1.81. The monoisotopic (exact) mass is 374 g/mol. The molecule has 9 unspecified atom stereocenters. The van der Waals surface area contributed by atoms with Crippen molar-refractivity contribution in [1.29, 1.82) is 0 Å². The molecular formula is C18H32ClFN4O. The lowest BCUT2D eigenvalue weighted by atomic mass is 9.72. The third-order valence-electron chi connectivity index (χ3n) is 7.11. The van der Waals surface area contributed by atoms with E-state index in [0.29, 0.717) is 36.5 Å². The highest BCUT2D eigenvalue weighted by Crippen LogP contribution is 2.42. The van der Waals surface area contributed by atoms with Crippen molar-refractivity contribution >= 4 is 11.6 Å². The second-order valence-electron chi connectivity index (χ2n) is 8.47. The molecule has 4 aliphatic rings. The van der Waals surface area contributed by atoms with Crippen LogP contribution in [0.1, 0.15) is 44.9 Å². The smallest absolute Gasteiger partial charge is 0.119 e. The van der Waals surface area contributed by atoms with Crippen LogP contribution in [0.4, 0.5) is 4.39 Å². The van der Waals surface area contributed by atoms with Gasteiger partial charge in [0.15, 0.2) is 0 Å². The first-order valence-electron chi connectivity index (χ1n) is 10.0. The average molecular weight is 375 g/mol. The van der Waals surface area contributed by atoms with Crippen molar-refractivity contribution in [1.82, 2.24) is 15.5 Å². The van der Waals surface area contributed by atoms with Crippen LogP contribution in [0.3, 0.4) is 0 Å². The fraction of sp³-hybridized carbons (Fsp3) is 1.00. The van der Waals surface area contributed by atoms with Gasteiger partial charge in [0.2, 0.25) is 0 Å². The van der Waals surface area contributed by atoms with E-state index in [1.807, 2.05) is 0 Å². The Morgan fingerprint density at radius 3 is 2.76 bits per heavy atom. The van der Waals surface area contributed by atoms with Crippen molar-refractivity contribution < 1.29 is 9.50 Å². The molecule has 0 bridgehead atoms. The highest BCUT2D eigenvalue weighted by molar-refractivity contribution is 6.21. The van der Waals surface area contributed by atoms with E-state index in [0.717, 1.165) is 38.8 Å². The second kappa shape index (κ2) is 7.56. The molecule has 25 heavy (non-hydrogen) atoms. The van der Waals surface area contributed by atoms with Crippen molar-refractivity contribution in [2.75, 3.05) is 13.1 Å².